The molecule has 4 rings (SSSR count). The number of nitrogens with zero attached hydrogens (tertiary/aromatic N) is 6. The molecule has 1 aromatic heterocycles. The van der Waals surface area contributed by atoms with Gasteiger partial charge in [-0.15, -0.1) is 0 Å². The van der Waals surface area contributed by atoms with E-state index in [0.29, 0.717) is 43.0 Å². The summed E-state index contributed by atoms with van der Waals surface area (Å²) in [7, 11) is 0. The van der Waals surface area contributed by atoms with Crippen molar-refractivity contribution in [3.8, 4) is 6.07 Å². The van der Waals surface area contributed by atoms with Crippen LogP contribution in [-0.4, -0.2) is 40.2 Å². The molecule has 0 aliphatic carbocycles. The van der Waals surface area contributed by atoms with Crippen LogP contribution in [0.1, 0.15) is 37.1 Å². The van der Waals surface area contributed by atoms with Crippen LogP contribution in [-0.2, 0) is 4.79 Å². The summed E-state index contributed by atoms with van der Waals surface area (Å²) in [5.74, 6) is -1.10. The first-order valence-corrected chi connectivity index (χ1v) is 9.75. The lowest BCUT2D eigenvalue weighted by molar-refractivity contribution is -0.139. The van der Waals surface area contributed by atoms with Crippen molar-refractivity contribution in [3.05, 3.63) is 53.5 Å². The number of benzene rings is 1. The van der Waals surface area contributed by atoms with Gasteiger partial charge in [0.05, 0.1) is 6.04 Å². The second-order valence-electron chi connectivity index (χ2n) is 7.63. The first kappa shape index (κ1) is 19.9. The van der Waals surface area contributed by atoms with Crippen LogP contribution in [0.2, 0.25) is 0 Å². The van der Waals surface area contributed by atoms with Crippen molar-refractivity contribution >= 4 is 17.9 Å². The summed E-state index contributed by atoms with van der Waals surface area (Å²) < 4.78 is 27.3. The molecule has 1 aromatic carbocycles. The second-order valence-corrected chi connectivity index (χ2v) is 7.63. The molecule has 0 bridgehead atoms. The predicted octanol–water partition coefficient (Wildman–Crippen LogP) is 3.05. The first-order chi connectivity index (χ1) is 14.5. The van der Waals surface area contributed by atoms with Crippen molar-refractivity contribution in [1.29, 1.82) is 5.26 Å². The Morgan fingerprint density at radius 2 is 1.97 bits per heavy atom. The molecule has 0 N–H and O–H groups in total. The summed E-state index contributed by atoms with van der Waals surface area (Å²) in [5.41, 5.74) is 0.691. The van der Waals surface area contributed by atoms with Gasteiger partial charge < -0.3 is 4.90 Å². The molecule has 154 valence electrons. The number of rotatable bonds is 3. The van der Waals surface area contributed by atoms with Crippen LogP contribution in [0.25, 0.3) is 0 Å². The number of anilines is 1. The van der Waals surface area contributed by atoms with Gasteiger partial charge in [-0.05, 0) is 30.0 Å². The number of halogens is 2. The van der Waals surface area contributed by atoms with Gasteiger partial charge >= 0.3 is 0 Å². The molecule has 3 heterocycles. The number of carbonyl (C=O) groups excluding carboxylic acids is 1. The highest BCUT2D eigenvalue weighted by Crippen LogP contribution is 2.34. The van der Waals surface area contributed by atoms with Crippen molar-refractivity contribution in [2.75, 3.05) is 18.0 Å². The topological polar surface area (TPSA) is 85.5 Å². The fourth-order valence-corrected chi connectivity index (χ4v) is 4.14. The molecule has 2 aromatic rings. The van der Waals surface area contributed by atoms with E-state index in [-0.39, 0.29) is 17.7 Å². The number of hydrogen-bond donors (Lipinski definition) is 0. The Morgan fingerprint density at radius 1 is 1.20 bits per heavy atom. The molecular weight excluding hydrogens is 390 g/mol. The largest absolute Gasteiger partial charge is 0.356 e. The van der Waals surface area contributed by atoms with E-state index in [4.69, 9.17) is 5.26 Å². The number of hydrogen-bond acceptors (Lipinski definition) is 6. The Labute approximate surface area is 172 Å². The molecule has 2 aliphatic rings. The Kier molecular flexibility index (Phi) is 5.40. The zero-order valence-electron chi connectivity index (χ0n) is 16.4. The highest BCUT2D eigenvalue weighted by Gasteiger charge is 2.38. The molecule has 1 fully saturated rings. The van der Waals surface area contributed by atoms with E-state index >= 15 is 0 Å². The molecule has 9 heteroatoms. The van der Waals surface area contributed by atoms with E-state index in [1.165, 1.54) is 23.5 Å². The maximum Gasteiger partial charge on any atom is 0.246 e. The zero-order valence-corrected chi connectivity index (χ0v) is 16.4. The maximum atomic E-state index is 13.7. The lowest BCUT2D eigenvalue weighted by Crippen LogP contribution is -2.46. The number of carbonyl (C=O) groups is 1. The van der Waals surface area contributed by atoms with Gasteiger partial charge in [-0.3, -0.25) is 4.79 Å². The monoisotopic (exact) mass is 410 g/mol. The van der Waals surface area contributed by atoms with Crippen molar-refractivity contribution < 1.29 is 13.6 Å². The maximum absolute atomic E-state index is 13.7. The van der Waals surface area contributed by atoms with Crippen LogP contribution < -0.4 is 4.90 Å². The number of aromatic nitrogens is 2. The van der Waals surface area contributed by atoms with E-state index in [0.717, 1.165) is 6.07 Å². The third-order valence-corrected chi connectivity index (χ3v) is 5.64. The zero-order chi connectivity index (χ0) is 21.3. The number of amides is 1. The molecule has 1 amide bonds. The lowest BCUT2D eigenvalue weighted by atomic mass is 9.85. The van der Waals surface area contributed by atoms with Crippen molar-refractivity contribution in [1.82, 2.24) is 15.0 Å². The average molecular weight is 410 g/mol. The number of nitriles is 1. The average Bonchev–Trinajstić information content (AvgIpc) is 3.22. The summed E-state index contributed by atoms with van der Waals surface area (Å²) in [6.45, 7) is 3.17. The van der Waals surface area contributed by atoms with Crippen LogP contribution in [0.15, 0.2) is 35.7 Å². The van der Waals surface area contributed by atoms with E-state index in [1.54, 1.807) is 12.3 Å². The summed E-state index contributed by atoms with van der Waals surface area (Å²) in [4.78, 5) is 23.4. The van der Waals surface area contributed by atoms with E-state index < -0.39 is 17.7 Å². The predicted molar refractivity (Wildman–Crippen MR) is 105 cm³/mol. The minimum absolute atomic E-state index is 0.00689. The van der Waals surface area contributed by atoms with Crippen LogP contribution in [0.3, 0.4) is 0 Å². The van der Waals surface area contributed by atoms with Gasteiger partial charge in [-0.2, -0.15) is 10.4 Å². The fraction of sp³-hybridized carbons (Fsp3) is 0.381. The third-order valence-electron chi connectivity index (χ3n) is 5.64. The summed E-state index contributed by atoms with van der Waals surface area (Å²) in [6, 6.07) is 6.44. The van der Waals surface area contributed by atoms with Crippen LogP contribution in [0.4, 0.5) is 14.6 Å². The molecule has 0 spiro atoms. The second kappa shape index (κ2) is 8.14. The minimum atomic E-state index is -0.674. The third kappa shape index (κ3) is 3.85. The van der Waals surface area contributed by atoms with Gasteiger partial charge in [-0.1, -0.05) is 6.92 Å². The molecular formula is C21H20F2N6O. The van der Waals surface area contributed by atoms with Gasteiger partial charge in [0.25, 0.3) is 0 Å². The highest BCUT2D eigenvalue weighted by atomic mass is 19.1. The van der Waals surface area contributed by atoms with E-state index in [2.05, 4.69) is 15.1 Å². The van der Waals surface area contributed by atoms with Crippen molar-refractivity contribution in [2.45, 2.75) is 25.8 Å². The van der Waals surface area contributed by atoms with Crippen molar-refractivity contribution in [3.63, 3.8) is 0 Å². The molecule has 0 unspecified atom stereocenters. The van der Waals surface area contributed by atoms with Crippen LogP contribution in [0, 0.1) is 34.8 Å². The van der Waals surface area contributed by atoms with Gasteiger partial charge in [0.2, 0.25) is 5.91 Å². The van der Waals surface area contributed by atoms with E-state index in [1.807, 2.05) is 17.9 Å². The fourth-order valence-electron chi connectivity index (χ4n) is 4.14. The summed E-state index contributed by atoms with van der Waals surface area (Å²) in [6.07, 6.45) is 3.97. The summed E-state index contributed by atoms with van der Waals surface area (Å²) in [5, 5.41) is 14.6. The van der Waals surface area contributed by atoms with Crippen molar-refractivity contribution in [2.24, 2.45) is 16.9 Å². The summed E-state index contributed by atoms with van der Waals surface area (Å²) >= 11 is 0. The smallest absolute Gasteiger partial charge is 0.246 e. The number of piperidine rings is 1. The van der Waals surface area contributed by atoms with Gasteiger partial charge in [0, 0.05) is 43.8 Å². The molecule has 0 saturated carbocycles. The van der Waals surface area contributed by atoms with Crippen LogP contribution in [0.5, 0.6) is 0 Å². The molecule has 7 nitrogen and oxygen atoms in total. The Balaban J connectivity index is 1.48. The first-order valence-electron chi connectivity index (χ1n) is 9.75. The lowest BCUT2D eigenvalue weighted by Gasteiger charge is -2.38. The number of hydrazone groups is 1. The van der Waals surface area contributed by atoms with Gasteiger partial charge in [0.15, 0.2) is 0 Å². The normalized spacial score (nSPS) is 23.5. The molecule has 3 atom stereocenters. The molecule has 1 saturated heterocycles. The Morgan fingerprint density at radius 3 is 2.67 bits per heavy atom. The molecule has 0 radical (unpaired) electrons. The quantitative estimate of drug-likeness (QED) is 0.776. The SMILES string of the molecule is C[C@H]1CN(c2cc(C#N)ncn2)CC[C@@H]1C(=O)N1N=CC[C@H]1c1cc(F)cc(F)c1. The van der Waals surface area contributed by atoms with Gasteiger partial charge in [0.1, 0.15) is 35.5 Å². The Bertz CT molecular complexity index is 1020. The highest BCUT2D eigenvalue weighted by molar-refractivity contribution is 5.82. The molecule has 2 aliphatic heterocycles. The minimum Gasteiger partial charge on any atom is -0.356 e. The molecule has 30 heavy (non-hydrogen) atoms. The van der Waals surface area contributed by atoms with Gasteiger partial charge in [-0.25, -0.2) is 23.8 Å². The van der Waals surface area contributed by atoms with Crippen LogP contribution >= 0.6 is 0 Å². The standard InChI is InChI=1S/C21H20F2N6O/c1-13-11-28(20-9-17(10-24)25-12-26-20)5-3-18(13)21(30)29-19(2-4-27-29)14-6-15(22)8-16(23)7-14/h4,6-9,12-13,18-19H,2-3,5,11H2,1H3/t13-,18-,19-/m0/s1. The Hall–Kier alpha value is -3.41. The van der Waals surface area contributed by atoms with E-state index in [9.17, 15) is 13.6 Å².